The molecule has 0 unspecified atom stereocenters. The summed E-state index contributed by atoms with van der Waals surface area (Å²) in [7, 11) is 0. The molecule has 0 aliphatic carbocycles. The van der Waals surface area contributed by atoms with Crippen molar-refractivity contribution in [3.8, 4) is 0 Å². The van der Waals surface area contributed by atoms with E-state index in [0.29, 0.717) is 0 Å². The molecule has 2 heterocycles. The van der Waals surface area contributed by atoms with Crippen LogP contribution in [0.15, 0.2) is 195 Å². The molecule has 6 aromatic carbocycles. The lowest BCUT2D eigenvalue weighted by molar-refractivity contribution is -0.356. The van der Waals surface area contributed by atoms with Crippen LogP contribution in [0.2, 0.25) is 0 Å². The maximum absolute atomic E-state index is 14.3. The van der Waals surface area contributed by atoms with Crippen molar-refractivity contribution in [3.63, 3.8) is 0 Å². The molecule has 0 saturated carbocycles. The van der Waals surface area contributed by atoms with Crippen molar-refractivity contribution in [3.05, 3.63) is 228 Å². The second-order valence-corrected chi connectivity index (χ2v) is 16.7. The molecule has 2 fully saturated rings. The maximum Gasteiger partial charge on any atom is 0.338 e. The highest BCUT2D eigenvalue weighted by molar-refractivity contribution is 5.92. The summed E-state index contributed by atoms with van der Waals surface area (Å²) in [6, 6.07) is 47.2. The monoisotopic (exact) mass is 1010 g/mol. The van der Waals surface area contributed by atoms with E-state index >= 15 is 0 Å². The smallest absolute Gasteiger partial charge is 0.338 e. The van der Waals surface area contributed by atoms with Gasteiger partial charge >= 0.3 is 35.8 Å². The van der Waals surface area contributed by atoms with Gasteiger partial charge in [-0.3, -0.25) is 0 Å². The Balaban J connectivity index is 1.23. The fourth-order valence-corrected chi connectivity index (χ4v) is 7.99. The number of hydrogen-bond donors (Lipinski definition) is 1. The van der Waals surface area contributed by atoms with Crippen LogP contribution in [-0.2, 0) is 47.4 Å². The minimum Gasteiger partial charge on any atom is -0.459 e. The van der Waals surface area contributed by atoms with E-state index in [1.54, 1.807) is 109 Å². The second-order valence-electron chi connectivity index (χ2n) is 16.7. The molecule has 0 radical (unpaired) electrons. The fourth-order valence-electron chi connectivity index (χ4n) is 7.99. The van der Waals surface area contributed by atoms with Crippen molar-refractivity contribution in [2.75, 3.05) is 19.8 Å². The van der Waals surface area contributed by atoms with Gasteiger partial charge in [-0.15, -0.1) is 6.58 Å². The molecule has 2 aliphatic rings. The molecule has 0 amide bonds. The minimum atomic E-state index is -2.02. The van der Waals surface area contributed by atoms with Gasteiger partial charge in [0, 0.05) is 0 Å². The first-order chi connectivity index (χ1) is 36.1. The quantitative estimate of drug-likeness (QED) is 0.0491. The molecule has 0 aromatic heterocycles. The molecule has 0 bridgehead atoms. The lowest BCUT2D eigenvalue weighted by Crippen LogP contribution is -2.67. The van der Waals surface area contributed by atoms with E-state index < -0.39 is 110 Å². The van der Waals surface area contributed by atoms with Crippen molar-refractivity contribution < 1.29 is 81.2 Å². The van der Waals surface area contributed by atoms with Gasteiger partial charge in [0.15, 0.2) is 37.0 Å². The highest BCUT2D eigenvalue weighted by Crippen LogP contribution is 2.36. The minimum absolute atomic E-state index is 0.0339. The summed E-state index contributed by atoms with van der Waals surface area (Å²) in [5, 5.41) is 12.5. The van der Waals surface area contributed by atoms with Crippen LogP contribution >= 0.6 is 0 Å². The zero-order chi connectivity index (χ0) is 51.8. The molecule has 8 rings (SSSR count). The Labute approximate surface area is 425 Å². The molecule has 2 aliphatic heterocycles. The Morgan fingerprint density at radius 3 is 1.09 bits per heavy atom. The van der Waals surface area contributed by atoms with E-state index in [-0.39, 0.29) is 40.0 Å². The number of ether oxygens (including phenoxy) is 10. The van der Waals surface area contributed by atoms with Gasteiger partial charge in [-0.25, -0.2) is 28.8 Å². The zero-order valence-corrected chi connectivity index (χ0v) is 39.5. The third-order valence-electron chi connectivity index (χ3n) is 11.7. The van der Waals surface area contributed by atoms with Gasteiger partial charge in [-0.05, 0) is 72.8 Å². The first-order valence-electron chi connectivity index (χ1n) is 23.4. The summed E-state index contributed by atoms with van der Waals surface area (Å²) in [5.41, 5.74) is 0.586. The summed E-state index contributed by atoms with van der Waals surface area (Å²) in [5.74, 6) is -5.36. The average molecular weight is 1010 g/mol. The van der Waals surface area contributed by atoms with Gasteiger partial charge < -0.3 is 52.5 Å². The summed E-state index contributed by atoms with van der Waals surface area (Å²) in [6.45, 7) is 2.21. The van der Waals surface area contributed by atoms with Gasteiger partial charge in [0.25, 0.3) is 0 Å². The van der Waals surface area contributed by atoms with Crippen LogP contribution in [0.5, 0.6) is 0 Å². The van der Waals surface area contributed by atoms with Crippen LogP contribution in [0, 0.1) is 0 Å². The van der Waals surface area contributed by atoms with Crippen LogP contribution in [-0.4, -0.2) is 122 Å². The number of hydrogen-bond acceptors (Lipinski definition) is 17. The average Bonchev–Trinajstić information content (AvgIpc) is 3.45. The van der Waals surface area contributed by atoms with E-state index in [9.17, 15) is 33.9 Å². The Morgan fingerprint density at radius 2 is 0.716 bits per heavy atom. The molecule has 6 aromatic rings. The highest BCUT2D eigenvalue weighted by atomic mass is 16.8. The number of carbonyl (C=O) groups is 6. The van der Waals surface area contributed by atoms with Crippen molar-refractivity contribution in [2.45, 2.75) is 61.4 Å². The highest BCUT2D eigenvalue weighted by Gasteiger charge is 2.57. The van der Waals surface area contributed by atoms with E-state index in [4.69, 9.17) is 47.4 Å². The standard InChI is InChI=1S/C57H50O17/c1-2-33-65-56-49(73-55(64)41-31-19-8-20-32-41)48(72-54(63)40-29-17-7-18-30-40)46(43(68-56)35-67-51(60)37-23-11-4-12-24-37)74-57-47(71-53(62)39-27-15-6-16-28-39)44(58)45(70-52(61)38-25-13-5-14-26-38)42(69-57)34-66-50(59)36-21-9-3-10-22-36/h2-32,42-49,56-58H,1,33-35H2/t42-,43-,44+,45+,46-,47-,48+,49-,56-,57+/m1/s1. The Morgan fingerprint density at radius 1 is 0.405 bits per heavy atom. The van der Waals surface area contributed by atoms with E-state index in [0.717, 1.165) is 0 Å². The second kappa shape index (κ2) is 25.4. The van der Waals surface area contributed by atoms with Gasteiger partial charge in [0.05, 0.1) is 40.0 Å². The number of esters is 6. The third kappa shape index (κ3) is 13.2. The van der Waals surface area contributed by atoms with Crippen LogP contribution in [0.4, 0.5) is 0 Å². The van der Waals surface area contributed by atoms with Gasteiger partial charge in [0.2, 0.25) is 0 Å². The molecular formula is C57H50O17. The number of carbonyl (C=O) groups excluding carboxylic acids is 6. The molecule has 1 N–H and O–H groups in total. The normalized spacial score (nSPS) is 23.2. The summed E-state index contributed by atoms with van der Waals surface area (Å²) in [4.78, 5) is 83.2. The lowest BCUT2D eigenvalue weighted by atomic mass is 9.96. The molecule has 17 heteroatoms. The largest absolute Gasteiger partial charge is 0.459 e. The van der Waals surface area contributed by atoms with Crippen molar-refractivity contribution in [1.29, 1.82) is 0 Å². The van der Waals surface area contributed by atoms with Crippen LogP contribution < -0.4 is 0 Å². The third-order valence-corrected chi connectivity index (χ3v) is 11.7. The van der Waals surface area contributed by atoms with Crippen LogP contribution in [0.25, 0.3) is 0 Å². The first-order valence-corrected chi connectivity index (χ1v) is 23.4. The molecule has 74 heavy (non-hydrogen) atoms. The predicted molar refractivity (Wildman–Crippen MR) is 260 cm³/mol. The van der Waals surface area contributed by atoms with Gasteiger partial charge in [-0.2, -0.15) is 0 Å². The van der Waals surface area contributed by atoms with Crippen LogP contribution in [0.1, 0.15) is 62.1 Å². The number of aliphatic hydroxyl groups is 1. The first kappa shape index (κ1) is 52.0. The number of aliphatic hydroxyl groups excluding tert-OH is 1. The van der Waals surface area contributed by atoms with Crippen molar-refractivity contribution >= 4 is 35.8 Å². The molecule has 0 spiro atoms. The molecule has 380 valence electrons. The van der Waals surface area contributed by atoms with E-state index in [2.05, 4.69) is 6.58 Å². The molecule has 10 atom stereocenters. The summed E-state index contributed by atoms with van der Waals surface area (Å²) < 4.78 is 61.7. The predicted octanol–water partition coefficient (Wildman–Crippen LogP) is 7.00. The Bertz CT molecular complexity index is 2820. The SMILES string of the molecule is C=CCO[C@@H]1O[C@H](COC(=O)c2ccccc2)[C@@H](O[C@@H]2O[C@H](COC(=O)c3ccccc3)[C@H](OC(=O)c3ccccc3)[C@H](O)[C@H]2OC(=O)c2ccccc2)[C@H](OC(=O)c2ccccc2)[C@H]1OC(=O)c1ccccc1. The van der Waals surface area contributed by atoms with Gasteiger partial charge in [-0.1, -0.05) is 115 Å². The van der Waals surface area contributed by atoms with E-state index in [1.165, 1.54) is 78.9 Å². The Kier molecular flexibility index (Phi) is 17.8. The molecule has 17 nitrogen and oxygen atoms in total. The van der Waals surface area contributed by atoms with Gasteiger partial charge in [0.1, 0.15) is 37.6 Å². The van der Waals surface area contributed by atoms with Crippen molar-refractivity contribution in [1.82, 2.24) is 0 Å². The lowest BCUT2D eigenvalue weighted by Gasteiger charge is -2.48. The maximum atomic E-state index is 14.3. The molecular weight excluding hydrogens is 957 g/mol. The zero-order valence-electron chi connectivity index (χ0n) is 39.5. The summed E-state index contributed by atoms with van der Waals surface area (Å²) in [6.07, 6.45) is -16.1. The molecule has 2 saturated heterocycles. The fraction of sp³-hybridized carbons (Fsp3) is 0.228. The van der Waals surface area contributed by atoms with Crippen molar-refractivity contribution in [2.24, 2.45) is 0 Å². The Hall–Kier alpha value is -8.32. The summed E-state index contributed by atoms with van der Waals surface area (Å²) >= 11 is 0. The van der Waals surface area contributed by atoms with E-state index in [1.807, 2.05) is 0 Å². The number of rotatable bonds is 19. The van der Waals surface area contributed by atoms with Crippen LogP contribution in [0.3, 0.4) is 0 Å². The number of benzene rings is 6. The topological polar surface area (TPSA) is 215 Å².